The van der Waals surface area contributed by atoms with Crippen molar-refractivity contribution >= 4 is 35.6 Å². The summed E-state index contributed by atoms with van der Waals surface area (Å²) in [6.07, 6.45) is 5.70. The summed E-state index contributed by atoms with van der Waals surface area (Å²) in [4.78, 5) is 81.1. The number of unbranched alkanes of at least 4 members (excludes halogenated alkanes) is 3. The summed E-state index contributed by atoms with van der Waals surface area (Å²) >= 11 is 0. The Balaban J connectivity index is 1.68. The summed E-state index contributed by atoms with van der Waals surface area (Å²) in [5, 5.41) is 69.5. The number of rotatable bonds is 15. The van der Waals surface area contributed by atoms with Crippen LogP contribution in [0.5, 0.6) is 34.5 Å². The van der Waals surface area contributed by atoms with Crippen molar-refractivity contribution in [1.29, 1.82) is 0 Å². The van der Waals surface area contributed by atoms with Gasteiger partial charge in [0, 0.05) is 0 Å². The number of carbonyl (C=O) groups excluding carboxylic acids is 6. The number of ether oxygens (including phenoxy) is 3. The summed E-state index contributed by atoms with van der Waals surface area (Å²) in [6, 6.07) is 2.19. The average molecular weight is 838 g/mol. The topological polar surface area (TPSA) is 288 Å². The number of aryl methyl sites for hydroxylation is 3. The number of nitrogens with one attached hydrogen (secondary N) is 3. The second kappa shape index (κ2) is 21.3. The van der Waals surface area contributed by atoms with E-state index in [1.807, 2.05) is 20.8 Å². The van der Waals surface area contributed by atoms with Crippen molar-refractivity contribution in [3.05, 3.63) is 69.8 Å². The first-order chi connectivity index (χ1) is 28.6. The van der Waals surface area contributed by atoms with Gasteiger partial charge in [0.15, 0.2) is 52.6 Å². The lowest BCUT2D eigenvalue weighted by Gasteiger charge is -2.25. The molecule has 1 saturated heterocycles. The van der Waals surface area contributed by atoms with E-state index in [9.17, 15) is 59.4 Å². The van der Waals surface area contributed by atoms with Crippen LogP contribution in [0.25, 0.3) is 0 Å². The van der Waals surface area contributed by atoms with E-state index in [1.54, 1.807) is 0 Å². The van der Waals surface area contributed by atoms with Crippen LogP contribution in [0.3, 0.4) is 0 Å². The molecule has 0 aliphatic carbocycles. The molecule has 4 rings (SSSR count). The molecule has 18 nitrogen and oxygen atoms in total. The Morgan fingerprint density at radius 2 is 0.733 bits per heavy atom. The largest absolute Gasteiger partial charge is 0.504 e. The van der Waals surface area contributed by atoms with Crippen molar-refractivity contribution in [2.75, 3.05) is 19.8 Å². The first kappa shape index (κ1) is 46.0. The highest BCUT2D eigenvalue weighted by Crippen LogP contribution is 2.33. The SMILES string of the molecule is CCCCc1cc(O)c(O)c(C(=O)NC2COC(=O)C(NC(=O)c3cc(CCCC)cc(O)c3O)COC(=O)C(NC(=O)c3cc(CCCC)cc(O)c3O)COC2=O)c1. The smallest absolute Gasteiger partial charge is 0.332 e. The predicted molar refractivity (Wildman–Crippen MR) is 212 cm³/mol. The summed E-state index contributed by atoms with van der Waals surface area (Å²) < 4.78 is 15.9. The maximum Gasteiger partial charge on any atom is 0.332 e. The molecular formula is C42H51N3O15. The number of esters is 3. The van der Waals surface area contributed by atoms with E-state index in [1.165, 1.54) is 36.4 Å². The Labute approximate surface area is 345 Å². The van der Waals surface area contributed by atoms with Crippen molar-refractivity contribution in [3.8, 4) is 34.5 Å². The number of phenolic OH excluding ortho intramolecular Hbond substituents is 6. The minimum absolute atomic E-state index is 0.432. The first-order valence-corrected chi connectivity index (χ1v) is 19.6. The lowest BCUT2D eigenvalue weighted by molar-refractivity contribution is -0.160. The van der Waals surface area contributed by atoms with Gasteiger partial charge in [-0.2, -0.15) is 0 Å². The van der Waals surface area contributed by atoms with Gasteiger partial charge in [-0.15, -0.1) is 0 Å². The van der Waals surface area contributed by atoms with Gasteiger partial charge in [0.05, 0.1) is 16.7 Å². The second-order valence-corrected chi connectivity index (χ2v) is 14.3. The van der Waals surface area contributed by atoms with Gasteiger partial charge in [0.2, 0.25) is 0 Å². The molecule has 0 spiro atoms. The molecule has 3 amide bonds. The zero-order valence-electron chi connectivity index (χ0n) is 33.5. The highest BCUT2D eigenvalue weighted by atomic mass is 16.6. The molecule has 3 atom stereocenters. The Morgan fingerprint density at radius 1 is 0.483 bits per heavy atom. The average Bonchev–Trinajstić information content (AvgIpc) is 3.22. The molecule has 1 aliphatic heterocycles. The van der Waals surface area contributed by atoms with Crippen molar-refractivity contribution in [2.24, 2.45) is 0 Å². The monoisotopic (exact) mass is 837 g/mol. The van der Waals surface area contributed by atoms with Gasteiger partial charge in [0.1, 0.15) is 19.8 Å². The number of amides is 3. The fourth-order valence-electron chi connectivity index (χ4n) is 6.14. The normalized spacial score (nSPS) is 17.2. The van der Waals surface area contributed by atoms with E-state index in [-0.39, 0.29) is 0 Å². The Hall–Kier alpha value is -6.72. The third-order valence-corrected chi connectivity index (χ3v) is 9.59. The molecule has 3 unspecified atom stereocenters. The van der Waals surface area contributed by atoms with Gasteiger partial charge in [-0.05, 0) is 91.6 Å². The van der Waals surface area contributed by atoms with Crippen molar-refractivity contribution < 1.29 is 73.6 Å². The molecule has 0 radical (unpaired) electrons. The molecule has 9 N–H and O–H groups in total. The summed E-state index contributed by atoms with van der Waals surface area (Å²) in [6.45, 7) is 2.95. The van der Waals surface area contributed by atoms with Crippen LogP contribution in [0, 0.1) is 0 Å². The number of benzene rings is 3. The molecule has 3 aromatic rings. The van der Waals surface area contributed by atoms with E-state index in [4.69, 9.17) is 14.2 Å². The van der Waals surface area contributed by atoms with Crippen molar-refractivity contribution in [3.63, 3.8) is 0 Å². The summed E-state index contributed by atoms with van der Waals surface area (Å²) in [5.74, 6) is -11.5. The van der Waals surface area contributed by atoms with Gasteiger partial charge < -0.3 is 60.8 Å². The molecule has 3 aromatic carbocycles. The highest BCUT2D eigenvalue weighted by Gasteiger charge is 2.35. The summed E-state index contributed by atoms with van der Waals surface area (Å²) in [7, 11) is 0. The van der Waals surface area contributed by atoms with Gasteiger partial charge in [0.25, 0.3) is 17.7 Å². The number of phenols is 6. The zero-order chi connectivity index (χ0) is 44.1. The van der Waals surface area contributed by atoms with Crippen LogP contribution in [-0.4, -0.2) is 104 Å². The number of hydrogen-bond donors (Lipinski definition) is 9. The van der Waals surface area contributed by atoms with Crippen LogP contribution in [0.2, 0.25) is 0 Å². The molecule has 18 heteroatoms. The number of cyclic esters (lactones) is 3. The summed E-state index contributed by atoms with van der Waals surface area (Å²) in [5.41, 5.74) is 0.180. The number of hydrogen-bond acceptors (Lipinski definition) is 15. The highest BCUT2D eigenvalue weighted by molar-refractivity contribution is 6.02. The predicted octanol–water partition coefficient (Wildman–Crippen LogP) is 3.29. The molecule has 0 aromatic heterocycles. The Kier molecular flexibility index (Phi) is 16.3. The maximum absolute atomic E-state index is 13.5. The van der Waals surface area contributed by atoms with Crippen LogP contribution >= 0.6 is 0 Å². The molecule has 1 fully saturated rings. The molecular weight excluding hydrogens is 786 g/mol. The first-order valence-electron chi connectivity index (χ1n) is 19.6. The van der Waals surface area contributed by atoms with Gasteiger partial charge in [-0.25, -0.2) is 14.4 Å². The maximum atomic E-state index is 13.5. The minimum atomic E-state index is -1.85. The lowest BCUT2D eigenvalue weighted by atomic mass is 10.0. The molecule has 0 bridgehead atoms. The number of carbonyl (C=O) groups is 6. The fourth-order valence-corrected chi connectivity index (χ4v) is 6.14. The van der Waals surface area contributed by atoms with E-state index in [0.29, 0.717) is 55.2 Å². The van der Waals surface area contributed by atoms with Crippen LogP contribution in [0.15, 0.2) is 36.4 Å². The van der Waals surface area contributed by atoms with E-state index in [0.717, 1.165) is 19.3 Å². The number of aromatic hydroxyl groups is 6. The molecule has 324 valence electrons. The quantitative estimate of drug-likeness (QED) is 0.0603. The van der Waals surface area contributed by atoms with Crippen LogP contribution in [0.1, 0.15) is 107 Å². The zero-order valence-corrected chi connectivity index (χ0v) is 33.5. The lowest BCUT2D eigenvalue weighted by Crippen LogP contribution is -2.52. The second-order valence-electron chi connectivity index (χ2n) is 14.3. The molecule has 0 saturated carbocycles. The van der Waals surface area contributed by atoms with Crippen LogP contribution in [-0.2, 0) is 47.9 Å². The molecule has 1 heterocycles. The van der Waals surface area contributed by atoms with Gasteiger partial charge in [-0.3, -0.25) is 14.4 Å². The fraction of sp³-hybridized carbons (Fsp3) is 0.429. The van der Waals surface area contributed by atoms with E-state index in [2.05, 4.69) is 16.0 Å². The van der Waals surface area contributed by atoms with E-state index < -0.39 is 125 Å². The van der Waals surface area contributed by atoms with Crippen LogP contribution < -0.4 is 16.0 Å². The molecule has 1 aliphatic rings. The van der Waals surface area contributed by atoms with Crippen molar-refractivity contribution in [2.45, 2.75) is 96.7 Å². The standard InChI is InChI=1S/C42H51N3O15/c1-4-7-10-22-13-25(34(49)31(46)16-22)37(52)43-28-19-58-41(56)30(45-39(54)27-15-24(12-9-6-3)18-33(48)36(27)51)21-60-42(57)29(20-59-40(28)55)44-38(53)26-14-23(11-8-5-2)17-32(47)35(26)50/h13-18,28-30,46-51H,4-12,19-21H2,1-3H3,(H,43,52)(H,44,53)(H,45,54). The third-order valence-electron chi connectivity index (χ3n) is 9.59. The minimum Gasteiger partial charge on any atom is -0.504 e. The van der Waals surface area contributed by atoms with Gasteiger partial charge >= 0.3 is 17.9 Å². The Morgan fingerprint density at radius 3 is 0.967 bits per heavy atom. The molecule has 60 heavy (non-hydrogen) atoms. The Bertz CT molecular complexity index is 1850. The third kappa shape index (κ3) is 11.9. The van der Waals surface area contributed by atoms with E-state index >= 15 is 0 Å². The van der Waals surface area contributed by atoms with Crippen LogP contribution in [0.4, 0.5) is 0 Å². The van der Waals surface area contributed by atoms with Gasteiger partial charge in [-0.1, -0.05) is 40.0 Å². The van der Waals surface area contributed by atoms with Crippen molar-refractivity contribution in [1.82, 2.24) is 16.0 Å².